The molecule has 4 fully saturated rings. The highest BCUT2D eigenvalue weighted by Crippen LogP contribution is 2.47. The molecule has 3 aliphatic heterocycles. The minimum Gasteiger partial charge on any atom is -0.508 e. The van der Waals surface area contributed by atoms with Gasteiger partial charge in [-0.05, 0) is 77.5 Å². The maximum Gasteiger partial charge on any atom is 0.319 e. The fraction of sp³-hybridized carbons (Fsp3) is 0.545. The second kappa shape index (κ2) is 14.7. The van der Waals surface area contributed by atoms with E-state index in [-0.39, 0.29) is 22.7 Å². The zero-order chi connectivity index (χ0) is 37.8. The van der Waals surface area contributed by atoms with Gasteiger partial charge >= 0.3 is 6.01 Å². The Labute approximate surface area is 320 Å². The molecule has 1 saturated carbocycles. The van der Waals surface area contributed by atoms with E-state index in [1.165, 1.54) is 0 Å². The number of piperazine rings is 1. The Morgan fingerprint density at radius 2 is 1.67 bits per heavy atom. The van der Waals surface area contributed by atoms with E-state index in [1.54, 1.807) is 12.1 Å². The van der Waals surface area contributed by atoms with Crippen LogP contribution in [0.2, 0.25) is 16.6 Å². The Morgan fingerprint density at radius 3 is 2.33 bits per heavy atom. The molecule has 4 aromatic rings. The third-order valence-corrected chi connectivity index (χ3v) is 19.2. The molecule has 10 heteroatoms. The van der Waals surface area contributed by atoms with E-state index in [4.69, 9.17) is 19.4 Å². The fourth-order valence-corrected chi connectivity index (χ4v) is 15.1. The van der Waals surface area contributed by atoms with Crippen molar-refractivity contribution in [3.05, 3.63) is 53.8 Å². The first-order valence-electron chi connectivity index (χ1n) is 20.2. The number of fused-ring (bicyclic) bond motifs is 4. The molecule has 286 valence electrons. The van der Waals surface area contributed by atoms with Gasteiger partial charge in [0.1, 0.15) is 25.2 Å². The lowest BCUT2D eigenvalue weighted by atomic mass is 9.93. The van der Waals surface area contributed by atoms with E-state index in [0.29, 0.717) is 51.8 Å². The summed E-state index contributed by atoms with van der Waals surface area (Å²) in [6.45, 7) is 20.3. The quantitative estimate of drug-likeness (QED) is 0.124. The van der Waals surface area contributed by atoms with Crippen LogP contribution < -0.4 is 15.0 Å². The summed E-state index contributed by atoms with van der Waals surface area (Å²) in [5, 5.41) is 17.1. The molecule has 4 aliphatic rings. The lowest BCUT2D eigenvalue weighted by Crippen LogP contribution is -2.51. The normalized spacial score (nSPS) is 21.3. The van der Waals surface area contributed by atoms with E-state index in [1.807, 2.05) is 30.3 Å². The van der Waals surface area contributed by atoms with E-state index in [9.17, 15) is 5.11 Å². The van der Waals surface area contributed by atoms with Crippen molar-refractivity contribution in [2.45, 2.75) is 95.9 Å². The summed E-state index contributed by atoms with van der Waals surface area (Å²) >= 11 is 0. The van der Waals surface area contributed by atoms with Gasteiger partial charge < -0.3 is 24.8 Å². The van der Waals surface area contributed by atoms with Crippen LogP contribution in [0, 0.1) is 22.7 Å². The molecular weight excluding hydrogens is 694 g/mol. The first kappa shape index (κ1) is 37.2. The van der Waals surface area contributed by atoms with Crippen molar-refractivity contribution in [1.82, 2.24) is 20.2 Å². The molecule has 54 heavy (non-hydrogen) atoms. The number of rotatable bonds is 10. The van der Waals surface area contributed by atoms with Gasteiger partial charge in [0.2, 0.25) is 0 Å². The molecule has 3 saturated heterocycles. The number of hydrogen-bond acceptors (Lipinski definition) is 8. The van der Waals surface area contributed by atoms with Crippen LogP contribution in [0.25, 0.3) is 32.8 Å². The maximum absolute atomic E-state index is 17.4. The largest absolute Gasteiger partial charge is 0.508 e. The molecule has 8 nitrogen and oxygen atoms in total. The number of nitrogens with zero attached hydrogens (tertiary/aromatic N) is 4. The number of phenolic OH excluding ortho intramolecular Hbond substituents is 1. The highest BCUT2D eigenvalue weighted by Gasteiger charge is 2.45. The number of hydrogen-bond donors (Lipinski definition) is 2. The third-order valence-electron chi connectivity index (χ3n) is 12.9. The minimum atomic E-state index is -2.05. The van der Waals surface area contributed by atoms with Gasteiger partial charge in [-0.2, -0.15) is 9.97 Å². The van der Waals surface area contributed by atoms with Crippen LogP contribution in [0.1, 0.15) is 72.8 Å². The number of phenols is 1. The lowest BCUT2D eigenvalue weighted by molar-refractivity contribution is 0.0231. The molecule has 0 radical (unpaired) electrons. The van der Waals surface area contributed by atoms with Crippen molar-refractivity contribution in [1.29, 1.82) is 0 Å². The predicted molar refractivity (Wildman–Crippen MR) is 219 cm³/mol. The highest BCUT2D eigenvalue weighted by molar-refractivity contribution is 6.90. The Morgan fingerprint density at radius 1 is 0.963 bits per heavy atom. The van der Waals surface area contributed by atoms with Gasteiger partial charge in [0, 0.05) is 72.1 Å². The molecule has 1 aromatic heterocycles. The second-order valence-corrected chi connectivity index (χ2v) is 23.0. The molecule has 4 heterocycles. The van der Waals surface area contributed by atoms with Crippen molar-refractivity contribution < 1.29 is 19.0 Å². The molecule has 8 rings (SSSR count). The number of nitrogens with one attached hydrogen (secondary N) is 1. The Balaban J connectivity index is 1.23. The molecule has 1 aliphatic carbocycles. The topological polar surface area (TPSA) is 83.0 Å². The van der Waals surface area contributed by atoms with Crippen molar-refractivity contribution >= 4 is 35.6 Å². The van der Waals surface area contributed by atoms with Crippen molar-refractivity contribution in [2.24, 2.45) is 5.41 Å². The summed E-state index contributed by atoms with van der Waals surface area (Å²) in [5.74, 6) is 4.00. The smallest absolute Gasteiger partial charge is 0.319 e. The van der Waals surface area contributed by atoms with E-state index in [2.05, 4.69) is 68.1 Å². The Hall–Kier alpha value is -3.75. The summed E-state index contributed by atoms with van der Waals surface area (Å²) < 4.78 is 29.5. The molecule has 0 amide bonds. The van der Waals surface area contributed by atoms with Crippen LogP contribution >= 0.6 is 0 Å². The maximum atomic E-state index is 17.4. The van der Waals surface area contributed by atoms with Crippen LogP contribution in [0.5, 0.6) is 11.8 Å². The summed E-state index contributed by atoms with van der Waals surface area (Å²) in [5.41, 5.74) is 7.43. The van der Waals surface area contributed by atoms with Gasteiger partial charge in [0.05, 0.1) is 19.8 Å². The monoisotopic (exact) mass is 749 g/mol. The Bertz CT molecular complexity index is 2070. The third kappa shape index (κ3) is 6.98. The van der Waals surface area contributed by atoms with Crippen LogP contribution in [-0.4, -0.2) is 92.7 Å². The minimum absolute atomic E-state index is 0.0590. The van der Waals surface area contributed by atoms with Crippen LogP contribution in [0.4, 0.5) is 10.2 Å². The van der Waals surface area contributed by atoms with Gasteiger partial charge in [-0.1, -0.05) is 65.7 Å². The lowest BCUT2D eigenvalue weighted by Gasteiger charge is -2.38. The summed E-state index contributed by atoms with van der Waals surface area (Å²) in [6.07, 6.45) is 4.44. The summed E-state index contributed by atoms with van der Waals surface area (Å²) in [7, 11) is -2.05. The summed E-state index contributed by atoms with van der Waals surface area (Å²) in [6, 6.07) is 14.2. The zero-order valence-electron chi connectivity index (χ0n) is 32.8. The van der Waals surface area contributed by atoms with Crippen LogP contribution in [-0.2, 0) is 4.74 Å². The first-order valence-corrected chi connectivity index (χ1v) is 22.4. The average molecular weight is 750 g/mol. The molecule has 2 atom stereocenters. The zero-order valence-corrected chi connectivity index (χ0v) is 33.8. The second-order valence-electron chi connectivity index (χ2n) is 17.4. The predicted octanol–water partition coefficient (Wildman–Crippen LogP) is 8.30. The van der Waals surface area contributed by atoms with Gasteiger partial charge in [-0.3, -0.25) is 4.90 Å². The number of benzene rings is 3. The summed E-state index contributed by atoms with van der Waals surface area (Å²) in [4.78, 5) is 14.6. The highest BCUT2D eigenvalue weighted by atomic mass is 28.3. The number of ether oxygens (including phenoxy) is 2. The number of anilines is 1. The fourth-order valence-electron chi connectivity index (χ4n) is 9.92. The van der Waals surface area contributed by atoms with Crippen LogP contribution in [0.15, 0.2) is 42.5 Å². The number of aromatic nitrogens is 2. The van der Waals surface area contributed by atoms with Gasteiger partial charge in [0.15, 0.2) is 5.82 Å². The molecular formula is C44H56FN5O3Si. The van der Waals surface area contributed by atoms with Gasteiger partial charge in [0.25, 0.3) is 0 Å². The van der Waals surface area contributed by atoms with E-state index >= 15 is 4.39 Å². The number of halogens is 1. The first-order chi connectivity index (χ1) is 26.0. The standard InChI is InChI=1S/C44H56FN5O3Si/c1-28(2)54(29(3)4,30(5)6)21-14-31-8-7-9-32-22-35(51)23-38(39(31)32)36-12-13-37-41(40(36)45)47-43(48-42(37)50-24-33-10-11-34(25-50)46-33)53-27-44(15-16-44)26-49-17-19-52-20-18-49/h7-9,12-13,22-23,28-30,33-34,46,51H,10-11,15-20,24-27H2,1-6H3. The van der Waals surface area contributed by atoms with Gasteiger partial charge in [-0.25, -0.2) is 4.39 Å². The Kier molecular flexibility index (Phi) is 10.1. The van der Waals surface area contributed by atoms with E-state index < -0.39 is 13.9 Å². The number of morpholine rings is 1. The average Bonchev–Trinajstić information content (AvgIpc) is 3.83. The molecule has 2 unspecified atom stereocenters. The van der Waals surface area contributed by atoms with Crippen LogP contribution in [0.3, 0.4) is 0 Å². The molecule has 2 N–H and O–H groups in total. The SMILES string of the molecule is CC(C)[Si](C#Cc1cccc2cc(O)cc(-c3ccc4c(N5CC6CCC(C5)N6)nc(OCC5(CN6CCOCC6)CC5)nc4c3F)c12)(C(C)C)C(C)C. The van der Waals surface area contributed by atoms with Crippen molar-refractivity contribution in [3.8, 4) is 34.4 Å². The van der Waals surface area contributed by atoms with Crippen molar-refractivity contribution in [2.75, 3.05) is 57.4 Å². The molecule has 0 spiro atoms. The molecule has 2 bridgehead atoms. The van der Waals surface area contributed by atoms with Crippen molar-refractivity contribution in [3.63, 3.8) is 0 Å². The number of aromatic hydroxyl groups is 1. The molecule has 3 aromatic carbocycles. The van der Waals surface area contributed by atoms with E-state index in [0.717, 1.165) is 93.8 Å². The van der Waals surface area contributed by atoms with Gasteiger partial charge in [-0.15, -0.1) is 5.54 Å².